The first-order valence-electron chi connectivity index (χ1n) is 8.78. The lowest BCUT2D eigenvalue weighted by Gasteiger charge is -2.10. The monoisotopic (exact) mass is 350 g/mol. The molecule has 0 aliphatic rings. The van der Waals surface area contributed by atoms with E-state index in [1.807, 2.05) is 43.3 Å². The maximum Gasteiger partial charge on any atom is 0.336 e. The molecule has 0 spiro atoms. The third kappa shape index (κ3) is 4.11. The van der Waals surface area contributed by atoms with Crippen LogP contribution in [0, 0.1) is 0 Å². The number of rotatable bonds is 6. The summed E-state index contributed by atoms with van der Waals surface area (Å²) in [5.41, 5.74) is 3.97. The zero-order valence-electron chi connectivity index (χ0n) is 15.0. The first-order chi connectivity index (χ1) is 12.6. The third-order valence-electron chi connectivity index (χ3n) is 4.28. The maximum atomic E-state index is 11.9. The van der Waals surface area contributed by atoms with Gasteiger partial charge in [-0.25, -0.2) is 4.79 Å². The highest BCUT2D eigenvalue weighted by atomic mass is 16.4. The second-order valence-corrected chi connectivity index (χ2v) is 6.11. The minimum absolute atomic E-state index is 0.0142. The van der Waals surface area contributed by atoms with Crippen LogP contribution in [0.15, 0.2) is 57.7 Å². The van der Waals surface area contributed by atoms with Crippen LogP contribution < -0.4 is 16.3 Å². The van der Waals surface area contributed by atoms with Crippen molar-refractivity contribution in [2.75, 3.05) is 10.6 Å². The van der Waals surface area contributed by atoms with E-state index >= 15 is 0 Å². The number of benzene rings is 2. The van der Waals surface area contributed by atoms with Crippen LogP contribution >= 0.6 is 0 Å². The molecular weight excluding hydrogens is 328 g/mol. The fourth-order valence-corrected chi connectivity index (χ4v) is 2.76. The van der Waals surface area contributed by atoms with Gasteiger partial charge in [-0.3, -0.25) is 4.79 Å². The summed E-state index contributed by atoms with van der Waals surface area (Å²) >= 11 is 0. The van der Waals surface area contributed by atoms with E-state index in [0.717, 1.165) is 34.3 Å². The second kappa shape index (κ2) is 7.87. The van der Waals surface area contributed by atoms with Gasteiger partial charge in [-0.1, -0.05) is 26.0 Å². The lowest BCUT2D eigenvalue weighted by atomic mass is 10.1. The first kappa shape index (κ1) is 17.7. The van der Waals surface area contributed by atoms with Gasteiger partial charge < -0.3 is 15.1 Å². The average molecular weight is 350 g/mol. The van der Waals surface area contributed by atoms with E-state index in [9.17, 15) is 9.59 Å². The summed E-state index contributed by atoms with van der Waals surface area (Å²) in [6, 6.07) is 15.0. The minimum Gasteiger partial charge on any atom is -0.423 e. The summed E-state index contributed by atoms with van der Waals surface area (Å²) in [5.74, 6) is -0.0142. The minimum atomic E-state index is -0.347. The number of carbonyl (C=O) groups is 1. The smallest absolute Gasteiger partial charge is 0.336 e. The molecule has 0 unspecified atom stereocenters. The molecule has 134 valence electrons. The highest BCUT2D eigenvalue weighted by Gasteiger charge is 2.07. The molecule has 0 saturated heterocycles. The molecule has 0 atom stereocenters. The highest BCUT2D eigenvalue weighted by Crippen LogP contribution is 2.21. The summed E-state index contributed by atoms with van der Waals surface area (Å²) in [4.78, 5) is 23.3. The molecule has 3 aromatic rings. The third-order valence-corrected chi connectivity index (χ3v) is 4.28. The van der Waals surface area contributed by atoms with E-state index in [-0.39, 0.29) is 11.5 Å². The maximum absolute atomic E-state index is 11.9. The zero-order chi connectivity index (χ0) is 18.5. The molecule has 1 heterocycles. The Hall–Kier alpha value is -3.08. The molecule has 1 aromatic heterocycles. The number of fused-ring (bicyclic) bond motifs is 1. The van der Waals surface area contributed by atoms with Gasteiger partial charge in [0.2, 0.25) is 5.91 Å². The molecular formula is C21H22N2O3. The molecule has 0 radical (unpaired) electrons. The summed E-state index contributed by atoms with van der Waals surface area (Å²) in [6.45, 7) is 4.39. The number of amides is 1. The number of anilines is 2. The molecule has 0 bridgehead atoms. The van der Waals surface area contributed by atoms with Crippen LogP contribution in [0.3, 0.4) is 0 Å². The van der Waals surface area contributed by atoms with Crippen molar-refractivity contribution in [2.45, 2.75) is 33.2 Å². The van der Waals surface area contributed by atoms with Crippen molar-refractivity contribution in [3.63, 3.8) is 0 Å². The molecule has 5 nitrogen and oxygen atoms in total. The molecule has 26 heavy (non-hydrogen) atoms. The molecule has 2 N–H and O–H groups in total. The van der Waals surface area contributed by atoms with Gasteiger partial charge in [-0.2, -0.15) is 0 Å². The van der Waals surface area contributed by atoms with Gasteiger partial charge in [0, 0.05) is 35.8 Å². The summed E-state index contributed by atoms with van der Waals surface area (Å²) in [6.07, 6.45) is 1.34. The Balaban J connectivity index is 1.77. The summed E-state index contributed by atoms with van der Waals surface area (Å²) in [5, 5.41) is 7.06. The van der Waals surface area contributed by atoms with Gasteiger partial charge >= 0.3 is 5.63 Å². The molecule has 5 heteroatoms. The van der Waals surface area contributed by atoms with Gasteiger partial charge in [0.15, 0.2) is 0 Å². The molecule has 0 saturated carbocycles. The molecule has 0 aliphatic carbocycles. The number of carbonyl (C=O) groups excluding carboxylic acids is 1. The van der Waals surface area contributed by atoms with E-state index in [0.29, 0.717) is 18.5 Å². The van der Waals surface area contributed by atoms with Crippen molar-refractivity contribution in [3.8, 4) is 0 Å². The normalized spacial score (nSPS) is 10.7. The van der Waals surface area contributed by atoms with Crippen LogP contribution in [0.25, 0.3) is 11.0 Å². The predicted octanol–water partition coefficient (Wildman–Crippen LogP) is 4.32. The van der Waals surface area contributed by atoms with Crippen LogP contribution in [0.4, 0.5) is 11.4 Å². The Bertz CT molecular complexity index is 975. The fourth-order valence-electron chi connectivity index (χ4n) is 2.76. The van der Waals surface area contributed by atoms with Crippen LogP contribution in [-0.4, -0.2) is 5.91 Å². The van der Waals surface area contributed by atoms with Crippen molar-refractivity contribution in [2.24, 2.45) is 0 Å². The van der Waals surface area contributed by atoms with Crippen molar-refractivity contribution >= 4 is 28.3 Å². The fraction of sp³-hybridized carbons (Fsp3) is 0.238. The topological polar surface area (TPSA) is 71.3 Å². The predicted molar refractivity (Wildman–Crippen MR) is 105 cm³/mol. The van der Waals surface area contributed by atoms with Crippen molar-refractivity contribution in [3.05, 3.63) is 70.1 Å². The Morgan fingerprint density at radius 1 is 1.00 bits per heavy atom. The largest absolute Gasteiger partial charge is 0.423 e. The number of nitrogens with one attached hydrogen (secondary N) is 2. The quantitative estimate of drug-likeness (QED) is 0.650. The molecule has 3 rings (SSSR count). The van der Waals surface area contributed by atoms with E-state index in [2.05, 4.69) is 23.6 Å². The Morgan fingerprint density at radius 3 is 2.42 bits per heavy atom. The van der Waals surface area contributed by atoms with E-state index < -0.39 is 0 Å². The number of hydrogen-bond acceptors (Lipinski definition) is 4. The summed E-state index contributed by atoms with van der Waals surface area (Å²) in [7, 11) is 0. The molecule has 1 amide bonds. The van der Waals surface area contributed by atoms with Crippen LogP contribution in [-0.2, 0) is 17.8 Å². The Morgan fingerprint density at radius 2 is 1.73 bits per heavy atom. The Labute approximate surface area is 152 Å². The van der Waals surface area contributed by atoms with Gasteiger partial charge in [0.25, 0.3) is 0 Å². The molecule has 0 fully saturated rings. The van der Waals surface area contributed by atoms with E-state index in [1.165, 1.54) is 6.07 Å². The average Bonchev–Trinajstić information content (AvgIpc) is 2.66. The molecule has 0 aliphatic heterocycles. The summed E-state index contributed by atoms with van der Waals surface area (Å²) < 4.78 is 5.34. The van der Waals surface area contributed by atoms with E-state index in [4.69, 9.17) is 4.42 Å². The standard InChI is InChI=1S/C21H22N2O3/c1-3-14-5-10-18-15(12-21(25)26-19(18)11-14)13-22-16-6-8-17(9-7-16)23-20(24)4-2/h5-12,22H,3-4,13H2,1-2H3,(H,23,24). The SMILES string of the molecule is CCC(=O)Nc1ccc(NCc2cc(=O)oc3cc(CC)ccc23)cc1. The van der Waals surface area contributed by atoms with Gasteiger partial charge in [-0.15, -0.1) is 0 Å². The lowest BCUT2D eigenvalue weighted by molar-refractivity contribution is -0.115. The van der Waals surface area contributed by atoms with Crippen LogP contribution in [0.1, 0.15) is 31.4 Å². The second-order valence-electron chi connectivity index (χ2n) is 6.11. The number of aryl methyl sites for hydroxylation is 1. The lowest BCUT2D eigenvalue weighted by Crippen LogP contribution is -2.09. The van der Waals surface area contributed by atoms with Gasteiger partial charge in [0.05, 0.1) is 0 Å². The van der Waals surface area contributed by atoms with Gasteiger partial charge in [-0.05, 0) is 47.9 Å². The van der Waals surface area contributed by atoms with Crippen LogP contribution in [0.2, 0.25) is 0 Å². The van der Waals surface area contributed by atoms with Crippen molar-refractivity contribution in [1.29, 1.82) is 0 Å². The zero-order valence-corrected chi connectivity index (χ0v) is 15.0. The first-order valence-corrected chi connectivity index (χ1v) is 8.78. The number of hydrogen-bond donors (Lipinski definition) is 2. The van der Waals surface area contributed by atoms with Gasteiger partial charge in [0.1, 0.15) is 5.58 Å². The molecule has 2 aromatic carbocycles. The van der Waals surface area contributed by atoms with Crippen molar-refractivity contribution < 1.29 is 9.21 Å². The Kier molecular flexibility index (Phi) is 5.37. The van der Waals surface area contributed by atoms with Crippen LogP contribution in [0.5, 0.6) is 0 Å². The van der Waals surface area contributed by atoms with E-state index in [1.54, 1.807) is 0 Å². The highest BCUT2D eigenvalue weighted by molar-refractivity contribution is 5.90. The van der Waals surface area contributed by atoms with Crippen molar-refractivity contribution in [1.82, 2.24) is 0 Å².